The molecule has 7 heteroatoms. The van der Waals surface area contributed by atoms with Crippen LogP contribution in [0.5, 0.6) is 0 Å². The number of hydrogen-bond donors (Lipinski definition) is 1. The number of aryl methyl sites for hydroxylation is 2. The normalized spacial score (nSPS) is 18.0. The van der Waals surface area contributed by atoms with E-state index in [1.54, 1.807) is 0 Å². The Hall–Kier alpha value is -1.89. The Balaban J connectivity index is 1.73. The van der Waals surface area contributed by atoms with Gasteiger partial charge < -0.3 is 19.6 Å². The van der Waals surface area contributed by atoms with Gasteiger partial charge in [0, 0.05) is 38.2 Å². The molecular formula is C18H30N4O3. The zero-order valence-electron chi connectivity index (χ0n) is 15.8. The molecule has 1 aromatic heterocycles. The highest BCUT2D eigenvalue weighted by Gasteiger charge is 2.29. The van der Waals surface area contributed by atoms with Gasteiger partial charge in [-0.25, -0.2) is 0 Å². The summed E-state index contributed by atoms with van der Waals surface area (Å²) >= 11 is 0. The molecule has 1 fully saturated rings. The van der Waals surface area contributed by atoms with E-state index in [9.17, 15) is 9.59 Å². The van der Waals surface area contributed by atoms with Gasteiger partial charge in [0.25, 0.3) is 0 Å². The van der Waals surface area contributed by atoms with Crippen LogP contribution in [-0.4, -0.2) is 67.0 Å². The second-order valence-corrected chi connectivity index (χ2v) is 7.08. The van der Waals surface area contributed by atoms with Gasteiger partial charge in [0.2, 0.25) is 11.8 Å². The van der Waals surface area contributed by atoms with Crippen LogP contribution >= 0.6 is 0 Å². The number of hydrogen-bond acceptors (Lipinski definition) is 5. The summed E-state index contributed by atoms with van der Waals surface area (Å²) in [7, 11) is 3.97. The fourth-order valence-electron chi connectivity index (χ4n) is 3.15. The molecule has 140 valence electrons. The first-order valence-corrected chi connectivity index (χ1v) is 9.00. The van der Waals surface area contributed by atoms with Gasteiger partial charge in [0.05, 0.1) is 11.6 Å². The molecule has 1 aromatic rings. The van der Waals surface area contributed by atoms with Gasteiger partial charge in [0.15, 0.2) is 0 Å². The van der Waals surface area contributed by atoms with Crippen molar-refractivity contribution < 1.29 is 14.1 Å². The number of nitrogens with one attached hydrogen (secondary N) is 1. The highest BCUT2D eigenvalue weighted by atomic mass is 16.5. The Morgan fingerprint density at radius 1 is 1.40 bits per heavy atom. The molecule has 1 saturated heterocycles. The van der Waals surface area contributed by atoms with E-state index in [4.69, 9.17) is 4.52 Å². The van der Waals surface area contributed by atoms with E-state index in [1.165, 1.54) is 0 Å². The molecule has 0 radical (unpaired) electrons. The average Bonchev–Trinajstić information content (AvgIpc) is 2.89. The molecule has 0 bridgehead atoms. The van der Waals surface area contributed by atoms with Gasteiger partial charge in [-0.2, -0.15) is 0 Å². The van der Waals surface area contributed by atoms with E-state index >= 15 is 0 Å². The maximum atomic E-state index is 12.4. The highest BCUT2D eigenvalue weighted by Crippen LogP contribution is 2.18. The van der Waals surface area contributed by atoms with E-state index < -0.39 is 0 Å². The maximum absolute atomic E-state index is 12.4. The smallest absolute Gasteiger partial charge is 0.224 e. The molecule has 2 heterocycles. The molecule has 0 aliphatic carbocycles. The van der Waals surface area contributed by atoms with Crippen molar-refractivity contribution in [3.8, 4) is 0 Å². The number of carbonyl (C=O) groups is 2. The van der Waals surface area contributed by atoms with Crippen LogP contribution in [-0.2, 0) is 16.0 Å². The van der Waals surface area contributed by atoms with Crippen molar-refractivity contribution in [2.45, 2.75) is 39.5 Å². The molecule has 7 nitrogen and oxygen atoms in total. The van der Waals surface area contributed by atoms with Crippen molar-refractivity contribution in [1.82, 2.24) is 20.3 Å². The molecule has 1 aliphatic rings. The van der Waals surface area contributed by atoms with Crippen molar-refractivity contribution in [2.75, 3.05) is 40.3 Å². The van der Waals surface area contributed by atoms with Gasteiger partial charge >= 0.3 is 0 Å². The summed E-state index contributed by atoms with van der Waals surface area (Å²) in [6, 6.07) is 0. The van der Waals surface area contributed by atoms with Gasteiger partial charge in [-0.05, 0) is 47.2 Å². The van der Waals surface area contributed by atoms with E-state index in [1.807, 2.05) is 37.7 Å². The summed E-state index contributed by atoms with van der Waals surface area (Å²) in [5.41, 5.74) is 2.05. The first kappa shape index (κ1) is 19.4. The third-order valence-electron chi connectivity index (χ3n) is 4.77. The van der Waals surface area contributed by atoms with Gasteiger partial charge in [-0.3, -0.25) is 9.59 Å². The largest absolute Gasteiger partial charge is 0.361 e. The molecular weight excluding hydrogens is 320 g/mol. The molecule has 25 heavy (non-hydrogen) atoms. The fraction of sp³-hybridized carbons (Fsp3) is 0.722. The maximum Gasteiger partial charge on any atom is 0.224 e. The molecule has 1 unspecified atom stereocenters. The summed E-state index contributed by atoms with van der Waals surface area (Å²) in [5, 5.41) is 6.96. The zero-order chi connectivity index (χ0) is 18.4. The first-order chi connectivity index (χ1) is 11.9. The van der Waals surface area contributed by atoms with Crippen LogP contribution in [0.15, 0.2) is 4.52 Å². The molecule has 1 aliphatic heterocycles. The molecule has 2 rings (SSSR count). The van der Waals surface area contributed by atoms with Crippen molar-refractivity contribution >= 4 is 11.8 Å². The lowest BCUT2D eigenvalue weighted by Gasteiger charge is -2.32. The van der Waals surface area contributed by atoms with Crippen molar-refractivity contribution in [2.24, 2.45) is 5.92 Å². The predicted octanol–water partition coefficient (Wildman–Crippen LogP) is 1.14. The van der Waals surface area contributed by atoms with Crippen molar-refractivity contribution in [3.63, 3.8) is 0 Å². The van der Waals surface area contributed by atoms with E-state index in [0.717, 1.165) is 36.4 Å². The number of aromatic nitrogens is 1. The monoisotopic (exact) mass is 350 g/mol. The number of likely N-dealkylation sites (tertiary alicyclic amines) is 1. The van der Waals surface area contributed by atoms with E-state index in [0.29, 0.717) is 32.5 Å². The number of nitrogens with zero attached hydrogens (tertiary/aromatic N) is 3. The van der Waals surface area contributed by atoms with Crippen molar-refractivity contribution in [1.29, 1.82) is 0 Å². The van der Waals surface area contributed by atoms with Crippen LogP contribution in [0.4, 0.5) is 0 Å². The second kappa shape index (κ2) is 8.99. The van der Waals surface area contributed by atoms with Gasteiger partial charge in [0.1, 0.15) is 5.76 Å². The van der Waals surface area contributed by atoms with Crippen LogP contribution in [0.25, 0.3) is 0 Å². The Labute approximate surface area is 149 Å². The number of piperidine rings is 1. The predicted molar refractivity (Wildman–Crippen MR) is 95.2 cm³/mol. The first-order valence-electron chi connectivity index (χ1n) is 9.00. The lowest BCUT2D eigenvalue weighted by Crippen LogP contribution is -2.47. The SMILES string of the molecule is Cc1noc(C)c1CCCNC(=O)C1CCC(=O)N(CCN(C)C)C1. The molecule has 0 spiro atoms. The van der Waals surface area contributed by atoms with Gasteiger partial charge in [-0.1, -0.05) is 5.16 Å². The third-order valence-corrected chi connectivity index (χ3v) is 4.77. The average molecular weight is 350 g/mol. The Morgan fingerprint density at radius 2 is 2.16 bits per heavy atom. The van der Waals surface area contributed by atoms with Crippen LogP contribution < -0.4 is 5.32 Å². The zero-order valence-corrected chi connectivity index (χ0v) is 15.8. The minimum absolute atomic E-state index is 0.0566. The molecule has 0 saturated carbocycles. The summed E-state index contributed by atoms with van der Waals surface area (Å²) in [5.74, 6) is 0.968. The minimum Gasteiger partial charge on any atom is -0.361 e. The number of rotatable bonds is 8. The molecule has 0 aromatic carbocycles. The third kappa shape index (κ3) is 5.56. The number of amides is 2. The van der Waals surface area contributed by atoms with Gasteiger partial charge in [-0.15, -0.1) is 0 Å². The lowest BCUT2D eigenvalue weighted by atomic mass is 9.96. The Bertz CT molecular complexity index is 578. The standard InChI is InChI=1S/C18H30N4O3/c1-13-16(14(2)25-20-13)6-5-9-19-18(24)15-7-8-17(23)22(12-15)11-10-21(3)4/h15H,5-12H2,1-4H3,(H,19,24). The molecule has 1 atom stereocenters. The molecule has 2 amide bonds. The van der Waals surface area contributed by atoms with Crippen molar-refractivity contribution in [3.05, 3.63) is 17.0 Å². The summed E-state index contributed by atoms with van der Waals surface area (Å²) in [4.78, 5) is 28.2. The topological polar surface area (TPSA) is 78.7 Å². The van der Waals surface area contributed by atoms with E-state index in [-0.39, 0.29) is 17.7 Å². The quantitative estimate of drug-likeness (QED) is 0.711. The summed E-state index contributed by atoms with van der Waals surface area (Å²) in [6.07, 6.45) is 2.81. The highest BCUT2D eigenvalue weighted by molar-refractivity contribution is 5.83. The second-order valence-electron chi connectivity index (χ2n) is 7.08. The lowest BCUT2D eigenvalue weighted by molar-refractivity contribution is -0.138. The van der Waals surface area contributed by atoms with Crippen LogP contribution in [0.2, 0.25) is 0 Å². The Kier molecular flexibility index (Phi) is 6.99. The minimum atomic E-state index is -0.0982. The van der Waals surface area contributed by atoms with Crippen LogP contribution in [0, 0.1) is 19.8 Å². The number of likely N-dealkylation sites (N-methyl/N-ethyl adjacent to an activating group) is 1. The van der Waals surface area contributed by atoms with E-state index in [2.05, 4.69) is 10.5 Å². The van der Waals surface area contributed by atoms with Crippen LogP contribution in [0.3, 0.4) is 0 Å². The molecule has 1 N–H and O–H groups in total. The number of carbonyl (C=O) groups excluding carboxylic acids is 2. The summed E-state index contributed by atoms with van der Waals surface area (Å²) in [6.45, 7) is 6.51. The van der Waals surface area contributed by atoms with Crippen LogP contribution in [0.1, 0.15) is 36.3 Å². The summed E-state index contributed by atoms with van der Waals surface area (Å²) < 4.78 is 5.15. The fourth-order valence-corrected chi connectivity index (χ4v) is 3.15. The Morgan fingerprint density at radius 3 is 2.80 bits per heavy atom.